The van der Waals surface area contributed by atoms with E-state index in [1.807, 2.05) is 84.9 Å². The molecule has 1 aliphatic rings. The molecular weight excluding hydrogens is 372 g/mol. The number of carbonyl (C=O) groups excluding carboxylic acids is 1. The molecule has 0 unspecified atom stereocenters. The third-order valence-electron chi connectivity index (χ3n) is 5.29. The zero-order valence-electron chi connectivity index (χ0n) is 16.1. The van der Waals surface area contributed by atoms with Crippen LogP contribution in [0.1, 0.15) is 27.0 Å². The number of fused-ring (bicyclic) bond motifs is 1. The Morgan fingerprint density at radius 1 is 0.800 bits per heavy atom. The molecule has 0 atom stereocenters. The Morgan fingerprint density at radius 2 is 1.40 bits per heavy atom. The average molecular weight is 390 g/mol. The maximum atomic E-state index is 13.0. The molecule has 144 valence electrons. The number of carbonyl (C=O) groups is 1. The molecule has 5 rings (SSSR count). The maximum Gasteiger partial charge on any atom is 0.280 e. The summed E-state index contributed by atoms with van der Waals surface area (Å²) in [5, 5.41) is 11.3. The van der Waals surface area contributed by atoms with E-state index in [-0.39, 0.29) is 11.8 Å². The Morgan fingerprint density at radius 3 is 2.00 bits per heavy atom. The van der Waals surface area contributed by atoms with E-state index in [1.54, 1.807) is 10.6 Å². The molecule has 1 N–H and O–H groups in total. The molecule has 3 aromatic carbocycles. The van der Waals surface area contributed by atoms with Crippen LogP contribution < -0.4 is 0 Å². The van der Waals surface area contributed by atoms with Crippen LogP contribution in [0.5, 0.6) is 5.88 Å². The molecule has 0 spiro atoms. The molecule has 0 saturated carbocycles. The van der Waals surface area contributed by atoms with Crippen LogP contribution in [0.15, 0.2) is 96.5 Å². The van der Waals surface area contributed by atoms with Crippen molar-refractivity contribution in [1.29, 1.82) is 0 Å². The van der Waals surface area contributed by atoms with Crippen molar-refractivity contribution in [3.05, 3.63) is 114 Å². The summed E-state index contributed by atoms with van der Waals surface area (Å²) in [6.45, 7) is 3.79. The summed E-state index contributed by atoms with van der Waals surface area (Å²) in [4.78, 5) is 17.3. The summed E-state index contributed by atoms with van der Waals surface area (Å²) < 4.78 is 1.72. The second-order valence-corrected chi connectivity index (χ2v) is 7.05. The van der Waals surface area contributed by atoms with Gasteiger partial charge in [0.15, 0.2) is 0 Å². The van der Waals surface area contributed by atoms with Crippen LogP contribution in [0.4, 0.5) is 0 Å². The zero-order valence-corrected chi connectivity index (χ0v) is 16.1. The van der Waals surface area contributed by atoms with Crippen molar-refractivity contribution in [3.63, 3.8) is 0 Å². The fourth-order valence-corrected chi connectivity index (χ4v) is 3.89. The SMILES string of the molecule is C=Cc1ccc(-n2c(O)c3c(c2-c2ccccc2)C(=O)N=C3c2ccccc2)cc1. The molecule has 30 heavy (non-hydrogen) atoms. The van der Waals surface area contributed by atoms with E-state index in [0.717, 1.165) is 22.4 Å². The lowest BCUT2D eigenvalue weighted by molar-refractivity contribution is 0.101. The van der Waals surface area contributed by atoms with Crippen molar-refractivity contribution in [1.82, 2.24) is 4.57 Å². The van der Waals surface area contributed by atoms with Crippen molar-refractivity contribution in [2.75, 3.05) is 0 Å². The molecule has 0 fully saturated rings. The lowest BCUT2D eigenvalue weighted by atomic mass is 10.0. The van der Waals surface area contributed by atoms with Gasteiger partial charge in [0.05, 0.1) is 22.5 Å². The van der Waals surface area contributed by atoms with Crippen molar-refractivity contribution in [3.8, 4) is 22.8 Å². The quantitative estimate of drug-likeness (QED) is 0.501. The average Bonchev–Trinajstić information content (AvgIpc) is 3.30. The second kappa shape index (κ2) is 7.01. The van der Waals surface area contributed by atoms with Crippen molar-refractivity contribution in [2.45, 2.75) is 0 Å². The fraction of sp³-hybridized carbons (Fsp3) is 0. The van der Waals surface area contributed by atoms with Crippen LogP contribution in [-0.4, -0.2) is 21.3 Å². The van der Waals surface area contributed by atoms with E-state index in [4.69, 9.17) is 0 Å². The lowest BCUT2D eigenvalue weighted by Crippen LogP contribution is -2.02. The Labute approximate surface area is 174 Å². The van der Waals surface area contributed by atoms with Crippen LogP contribution in [0, 0.1) is 0 Å². The van der Waals surface area contributed by atoms with Gasteiger partial charge in [-0.1, -0.05) is 85.5 Å². The lowest BCUT2D eigenvalue weighted by Gasteiger charge is -2.13. The van der Waals surface area contributed by atoms with Gasteiger partial charge in [-0.2, -0.15) is 0 Å². The smallest absolute Gasteiger partial charge is 0.280 e. The highest BCUT2D eigenvalue weighted by Gasteiger charge is 2.36. The summed E-state index contributed by atoms with van der Waals surface area (Å²) in [5.74, 6) is -0.344. The van der Waals surface area contributed by atoms with Gasteiger partial charge in [-0.3, -0.25) is 9.36 Å². The van der Waals surface area contributed by atoms with Crippen LogP contribution in [-0.2, 0) is 0 Å². The number of nitrogens with zero attached hydrogens (tertiary/aromatic N) is 2. The summed E-state index contributed by atoms with van der Waals surface area (Å²) >= 11 is 0. The first-order valence-corrected chi connectivity index (χ1v) is 9.64. The summed E-state index contributed by atoms with van der Waals surface area (Å²) in [7, 11) is 0. The molecule has 1 aliphatic heterocycles. The van der Waals surface area contributed by atoms with Crippen molar-refractivity contribution < 1.29 is 9.90 Å². The number of aromatic nitrogens is 1. The predicted molar refractivity (Wildman–Crippen MR) is 119 cm³/mol. The molecule has 0 aliphatic carbocycles. The second-order valence-electron chi connectivity index (χ2n) is 7.05. The minimum atomic E-state index is -0.348. The summed E-state index contributed by atoms with van der Waals surface area (Å²) in [6, 6.07) is 26.7. The van der Waals surface area contributed by atoms with Crippen LogP contribution in [0.25, 0.3) is 23.0 Å². The highest BCUT2D eigenvalue weighted by atomic mass is 16.3. The molecular formula is C26H18N2O2. The Bertz CT molecular complexity index is 1300. The molecule has 0 saturated heterocycles. The van der Waals surface area contributed by atoms with E-state index in [0.29, 0.717) is 22.5 Å². The van der Waals surface area contributed by atoms with Gasteiger partial charge in [-0.15, -0.1) is 0 Å². The third kappa shape index (κ3) is 2.70. The number of hydrogen-bond acceptors (Lipinski definition) is 2. The van der Waals surface area contributed by atoms with E-state index in [9.17, 15) is 9.90 Å². The normalized spacial score (nSPS) is 12.5. The number of aliphatic imine (C=N–C) groups is 1. The standard InChI is InChI=1S/C26H18N2O2/c1-2-17-13-15-20(16-14-17)28-24(19-11-7-4-8-12-19)22-21(26(28)30)23(27-25(22)29)18-9-5-3-6-10-18/h2-16,30H,1H2. The topological polar surface area (TPSA) is 54.6 Å². The minimum Gasteiger partial charge on any atom is -0.494 e. The van der Waals surface area contributed by atoms with E-state index in [2.05, 4.69) is 11.6 Å². The minimum absolute atomic E-state index is 0.00339. The first-order valence-electron chi connectivity index (χ1n) is 9.64. The summed E-state index contributed by atoms with van der Waals surface area (Å²) in [5.41, 5.74) is 5.37. The van der Waals surface area contributed by atoms with Crippen molar-refractivity contribution in [2.24, 2.45) is 4.99 Å². The van der Waals surface area contributed by atoms with Crippen LogP contribution in [0.2, 0.25) is 0 Å². The number of rotatable bonds is 4. The molecule has 1 amide bonds. The molecule has 0 radical (unpaired) electrons. The zero-order chi connectivity index (χ0) is 20.7. The molecule has 1 aromatic heterocycles. The first kappa shape index (κ1) is 17.9. The van der Waals surface area contributed by atoms with Gasteiger partial charge in [0, 0.05) is 11.3 Å². The Hall–Kier alpha value is -4.18. The van der Waals surface area contributed by atoms with Gasteiger partial charge in [-0.25, -0.2) is 4.99 Å². The van der Waals surface area contributed by atoms with Gasteiger partial charge < -0.3 is 5.11 Å². The van der Waals surface area contributed by atoms with E-state index < -0.39 is 0 Å². The summed E-state index contributed by atoms with van der Waals surface area (Å²) in [6.07, 6.45) is 1.76. The fourth-order valence-electron chi connectivity index (χ4n) is 3.89. The maximum absolute atomic E-state index is 13.0. The van der Waals surface area contributed by atoms with Gasteiger partial charge >= 0.3 is 0 Å². The van der Waals surface area contributed by atoms with Gasteiger partial charge in [-0.05, 0) is 23.3 Å². The van der Waals surface area contributed by atoms with Crippen LogP contribution in [0.3, 0.4) is 0 Å². The molecule has 2 heterocycles. The highest BCUT2D eigenvalue weighted by Crippen LogP contribution is 2.42. The largest absolute Gasteiger partial charge is 0.494 e. The van der Waals surface area contributed by atoms with Gasteiger partial charge in [0.2, 0.25) is 5.88 Å². The monoisotopic (exact) mass is 390 g/mol. The predicted octanol–water partition coefficient (Wildman–Crippen LogP) is 5.48. The van der Waals surface area contributed by atoms with Crippen LogP contribution >= 0.6 is 0 Å². The number of aromatic hydroxyl groups is 1. The molecule has 0 bridgehead atoms. The van der Waals surface area contributed by atoms with Crippen molar-refractivity contribution >= 4 is 17.7 Å². The van der Waals surface area contributed by atoms with Gasteiger partial charge in [0.25, 0.3) is 5.91 Å². The third-order valence-corrected chi connectivity index (χ3v) is 5.29. The Kier molecular flexibility index (Phi) is 4.18. The first-order chi connectivity index (χ1) is 14.7. The Balaban J connectivity index is 1.82. The highest BCUT2D eigenvalue weighted by molar-refractivity contribution is 6.30. The molecule has 4 aromatic rings. The van der Waals surface area contributed by atoms with E-state index >= 15 is 0 Å². The van der Waals surface area contributed by atoms with Gasteiger partial charge in [0.1, 0.15) is 0 Å². The molecule has 4 heteroatoms. The number of amides is 1. The molecule has 4 nitrogen and oxygen atoms in total. The van der Waals surface area contributed by atoms with E-state index in [1.165, 1.54) is 0 Å². The number of benzene rings is 3. The number of hydrogen-bond donors (Lipinski definition) is 1.